The van der Waals surface area contributed by atoms with E-state index in [0.717, 1.165) is 0 Å². The number of hydrogen-bond acceptors (Lipinski definition) is 3. The van der Waals surface area contributed by atoms with Crippen LogP contribution in [0, 0.1) is 17.1 Å². The fourth-order valence-corrected chi connectivity index (χ4v) is 1.10. The van der Waals surface area contributed by atoms with Gasteiger partial charge in [-0.1, -0.05) is 18.2 Å². The van der Waals surface area contributed by atoms with Gasteiger partial charge < -0.3 is 4.74 Å². The van der Waals surface area contributed by atoms with E-state index < -0.39 is 5.82 Å². The molecule has 4 heteroatoms. The van der Waals surface area contributed by atoms with Crippen LogP contribution in [-0.2, 0) is 9.53 Å². The van der Waals surface area contributed by atoms with Gasteiger partial charge in [-0.2, -0.15) is 5.26 Å². The minimum atomic E-state index is -0.567. The Balaban J connectivity index is 2.72. The maximum absolute atomic E-state index is 13.2. The van der Waals surface area contributed by atoms with Crippen molar-refractivity contribution in [2.45, 2.75) is 6.42 Å². The summed E-state index contributed by atoms with van der Waals surface area (Å²) in [4.78, 5) is 10.8. The lowest BCUT2D eigenvalue weighted by Gasteiger charge is -1.96. The molecule has 0 N–H and O–H groups in total. The summed E-state index contributed by atoms with van der Waals surface area (Å²) in [5, 5.41) is 8.52. The Kier molecular flexibility index (Phi) is 4.22. The van der Waals surface area contributed by atoms with E-state index >= 15 is 0 Å². The molecule has 0 atom stereocenters. The number of rotatable bonds is 3. The van der Waals surface area contributed by atoms with Gasteiger partial charge in [0.25, 0.3) is 0 Å². The molecule has 1 aromatic carbocycles. The highest BCUT2D eigenvalue weighted by atomic mass is 19.1. The fourth-order valence-electron chi connectivity index (χ4n) is 1.10. The Labute approximate surface area is 92.8 Å². The molecule has 0 heterocycles. The zero-order chi connectivity index (χ0) is 12.0. The maximum Gasteiger partial charge on any atom is 0.309 e. The van der Waals surface area contributed by atoms with Gasteiger partial charge in [0, 0.05) is 0 Å². The molecule has 0 fully saturated rings. The number of carbonyl (C=O) groups excluding carboxylic acids is 1. The van der Waals surface area contributed by atoms with E-state index in [2.05, 4.69) is 4.74 Å². The molecule has 0 bridgehead atoms. The van der Waals surface area contributed by atoms with E-state index in [-0.39, 0.29) is 18.0 Å². The minimum absolute atomic E-state index is 0.00474. The van der Waals surface area contributed by atoms with Gasteiger partial charge in [0.05, 0.1) is 19.1 Å². The lowest BCUT2D eigenvalue weighted by Crippen LogP contribution is -1.96. The molecule has 0 amide bonds. The van der Waals surface area contributed by atoms with Crippen LogP contribution in [0.2, 0.25) is 0 Å². The van der Waals surface area contributed by atoms with Crippen molar-refractivity contribution in [1.29, 1.82) is 5.26 Å². The summed E-state index contributed by atoms with van der Waals surface area (Å²) < 4.78 is 17.6. The molecule has 0 unspecified atom stereocenters. The molecule has 3 nitrogen and oxygen atoms in total. The van der Waals surface area contributed by atoms with E-state index in [9.17, 15) is 9.18 Å². The van der Waals surface area contributed by atoms with Gasteiger partial charge >= 0.3 is 5.97 Å². The van der Waals surface area contributed by atoms with Crippen molar-refractivity contribution in [2.24, 2.45) is 0 Å². The minimum Gasteiger partial charge on any atom is -0.469 e. The molecule has 1 rings (SSSR count). The van der Waals surface area contributed by atoms with Gasteiger partial charge in [-0.25, -0.2) is 4.39 Å². The molecular formula is C12H10FNO2. The number of hydrogen-bond donors (Lipinski definition) is 0. The molecule has 0 radical (unpaired) electrons. The molecule has 0 spiro atoms. The Hall–Kier alpha value is -2.15. The predicted octanol–water partition coefficient (Wildman–Crippen LogP) is 2.27. The van der Waals surface area contributed by atoms with Crippen LogP contribution in [0.3, 0.4) is 0 Å². The van der Waals surface area contributed by atoms with Crippen LogP contribution in [-0.4, -0.2) is 13.1 Å². The first kappa shape index (κ1) is 11.9. The fraction of sp³-hybridized carbons (Fsp3) is 0.167. The highest BCUT2D eigenvalue weighted by Gasteiger charge is 2.00. The normalized spacial score (nSPS) is 10.1. The molecule has 0 aliphatic heterocycles. The second-order valence-corrected chi connectivity index (χ2v) is 3.03. The standard InChI is InChI=1S/C12H10FNO2/c1-16-12(15)4-2-3-9-5-6-10(8-14)11(13)7-9/h2-3,5-7H,4H2,1H3. The molecule has 82 valence electrons. The zero-order valence-electron chi connectivity index (χ0n) is 8.74. The highest BCUT2D eigenvalue weighted by Crippen LogP contribution is 2.11. The number of carbonyl (C=O) groups is 1. The Bertz CT molecular complexity index is 461. The van der Waals surface area contributed by atoms with Gasteiger partial charge in [-0.3, -0.25) is 4.79 Å². The van der Waals surface area contributed by atoms with Gasteiger partial charge in [-0.05, 0) is 17.7 Å². The van der Waals surface area contributed by atoms with Crippen molar-refractivity contribution in [3.05, 3.63) is 41.2 Å². The number of halogens is 1. The average molecular weight is 219 g/mol. The van der Waals surface area contributed by atoms with Crippen LogP contribution >= 0.6 is 0 Å². The number of nitriles is 1. The van der Waals surface area contributed by atoms with E-state index in [0.29, 0.717) is 5.56 Å². The first-order valence-electron chi connectivity index (χ1n) is 4.60. The molecular weight excluding hydrogens is 209 g/mol. The molecule has 0 saturated heterocycles. The van der Waals surface area contributed by atoms with Gasteiger partial charge in [0.1, 0.15) is 11.9 Å². The van der Waals surface area contributed by atoms with Crippen molar-refractivity contribution >= 4 is 12.0 Å². The molecule has 0 aliphatic carbocycles. The number of benzene rings is 1. The predicted molar refractivity (Wildman–Crippen MR) is 56.8 cm³/mol. The molecule has 0 saturated carbocycles. The van der Waals surface area contributed by atoms with Gasteiger partial charge in [-0.15, -0.1) is 0 Å². The first-order chi connectivity index (χ1) is 7.67. The molecule has 1 aromatic rings. The summed E-state index contributed by atoms with van der Waals surface area (Å²) >= 11 is 0. The monoisotopic (exact) mass is 219 g/mol. The number of methoxy groups -OCH3 is 1. The van der Waals surface area contributed by atoms with E-state index in [1.54, 1.807) is 24.3 Å². The van der Waals surface area contributed by atoms with Crippen molar-refractivity contribution in [3.63, 3.8) is 0 Å². The first-order valence-corrected chi connectivity index (χ1v) is 4.60. The van der Waals surface area contributed by atoms with Crippen molar-refractivity contribution in [1.82, 2.24) is 0 Å². The highest BCUT2D eigenvalue weighted by molar-refractivity contribution is 5.72. The van der Waals surface area contributed by atoms with E-state index in [1.807, 2.05) is 0 Å². The third-order valence-electron chi connectivity index (χ3n) is 1.94. The summed E-state index contributed by atoms with van der Waals surface area (Å²) in [5.41, 5.74) is 0.602. The maximum atomic E-state index is 13.2. The third kappa shape index (κ3) is 3.21. The van der Waals surface area contributed by atoms with Crippen molar-refractivity contribution in [3.8, 4) is 6.07 Å². The van der Waals surface area contributed by atoms with Crippen LogP contribution in [0.4, 0.5) is 4.39 Å². The third-order valence-corrected chi connectivity index (χ3v) is 1.94. The summed E-state index contributed by atoms with van der Waals surface area (Å²) in [6.45, 7) is 0. The quantitative estimate of drug-likeness (QED) is 0.733. The van der Waals surface area contributed by atoms with E-state index in [4.69, 9.17) is 5.26 Å². The van der Waals surface area contributed by atoms with Gasteiger partial charge in [0.2, 0.25) is 0 Å². The van der Waals surface area contributed by atoms with Gasteiger partial charge in [0.15, 0.2) is 0 Å². The average Bonchev–Trinajstić information content (AvgIpc) is 2.29. The Morgan fingerprint density at radius 2 is 2.38 bits per heavy atom. The largest absolute Gasteiger partial charge is 0.469 e. The summed E-state index contributed by atoms with van der Waals surface area (Å²) in [6.07, 6.45) is 3.31. The van der Waals surface area contributed by atoms with Crippen LogP contribution in [0.25, 0.3) is 6.08 Å². The van der Waals surface area contributed by atoms with Crippen LogP contribution in [0.1, 0.15) is 17.5 Å². The summed E-state index contributed by atoms with van der Waals surface area (Å²) in [6, 6.07) is 5.98. The molecule has 0 aliphatic rings. The Morgan fingerprint density at radius 3 is 2.94 bits per heavy atom. The smallest absolute Gasteiger partial charge is 0.309 e. The second kappa shape index (κ2) is 5.66. The lowest BCUT2D eigenvalue weighted by molar-refractivity contribution is -0.139. The zero-order valence-corrected chi connectivity index (χ0v) is 8.74. The lowest BCUT2D eigenvalue weighted by atomic mass is 10.1. The topological polar surface area (TPSA) is 50.1 Å². The molecule has 16 heavy (non-hydrogen) atoms. The van der Waals surface area contributed by atoms with Crippen LogP contribution < -0.4 is 0 Å². The number of esters is 1. The number of ether oxygens (including phenoxy) is 1. The van der Waals surface area contributed by atoms with Crippen LogP contribution in [0.15, 0.2) is 24.3 Å². The Morgan fingerprint density at radius 1 is 1.62 bits per heavy atom. The number of nitrogens with zero attached hydrogens (tertiary/aromatic N) is 1. The molecule has 0 aromatic heterocycles. The van der Waals surface area contributed by atoms with Crippen LogP contribution in [0.5, 0.6) is 0 Å². The summed E-state index contributed by atoms with van der Waals surface area (Å²) in [5.74, 6) is -0.923. The second-order valence-electron chi connectivity index (χ2n) is 3.03. The summed E-state index contributed by atoms with van der Waals surface area (Å²) in [7, 11) is 1.30. The SMILES string of the molecule is COC(=O)CC=Cc1ccc(C#N)c(F)c1. The van der Waals surface area contributed by atoms with Crippen molar-refractivity contribution < 1.29 is 13.9 Å². The van der Waals surface area contributed by atoms with E-state index in [1.165, 1.54) is 19.2 Å². The van der Waals surface area contributed by atoms with Crippen molar-refractivity contribution in [2.75, 3.05) is 7.11 Å².